The van der Waals surface area contributed by atoms with Crippen molar-refractivity contribution in [1.29, 1.82) is 0 Å². The number of methoxy groups -OCH3 is 1. The molecule has 4 nitrogen and oxygen atoms in total. The molecule has 0 aromatic heterocycles. The Balaban J connectivity index is 1.80. The Bertz CT molecular complexity index is 475. The molecule has 1 saturated heterocycles. The lowest BCUT2D eigenvalue weighted by atomic mass is 10.1. The van der Waals surface area contributed by atoms with Gasteiger partial charge >= 0.3 is 0 Å². The molecule has 1 atom stereocenters. The summed E-state index contributed by atoms with van der Waals surface area (Å²) in [6.07, 6.45) is 2.22. The van der Waals surface area contributed by atoms with E-state index in [1.54, 1.807) is 7.11 Å². The number of nitrogens with one attached hydrogen (secondary N) is 1. The van der Waals surface area contributed by atoms with Crippen LogP contribution in [0.4, 0.5) is 0 Å². The standard InChI is InChI=1S/C17H27N3OS/c1-4-16-13-20(11-12-22-16)17(18-2)19-10-9-14-5-7-15(21-3)8-6-14/h5-8,16H,4,9-13H2,1-3H3,(H,18,19). The second-order valence-corrected chi connectivity index (χ2v) is 6.83. The van der Waals surface area contributed by atoms with Crippen molar-refractivity contribution in [2.75, 3.05) is 39.5 Å². The zero-order chi connectivity index (χ0) is 15.8. The summed E-state index contributed by atoms with van der Waals surface area (Å²) >= 11 is 2.08. The van der Waals surface area contributed by atoms with Gasteiger partial charge in [-0.05, 0) is 30.5 Å². The van der Waals surface area contributed by atoms with Gasteiger partial charge in [-0.2, -0.15) is 11.8 Å². The van der Waals surface area contributed by atoms with Gasteiger partial charge in [-0.1, -0.05) is 19.1 Å². The maximum atomic E-state index is 5.19. The predicted octanol–water partition coefficient (Wildman–Crippen LogP) is 2.64. The Morgan fingerprint density at radius 1 is 1.41 bits per heavy atom. The minimum atomic E-state index is 0.730. The van der Waals surface area contributed by atoms with Crippen LogP contribution in [0, 0.1) is 0 Å². The lowest BCUT2D eigenvalue weighted by Crippen LogP contribution is -2.48. The highest BCUT2D eigenvalue weighted by Crippen LogP contribution is 2.21. The number of hydrogen-bond acceptors (Lipinski definition) is 3. The minimum Gasteiger partial charge on any atom is -0.497 e. The van der Waals surface area contributed by atoms with E-state index < -0.39 is 0 Å². The summed E-state index contributed by atoms with van der Waals surface area (Å²) < 4.78 is 5.19. The van der Waals surface area contributed by atoms with Gasteiger partial charge in [0.25, 0.3) is 0 Å². The number of nitrogens with zero attached hydrogens (tertiary/aromatic N) is 2. The van der Waals surface area contributed by atoms with Gasteiger partial charge in [0.05, 0.1) is 7.11 Å². The summed E-state index contributed by atoms with van der Waals surface area (Å²) in [6.45, 7) is 5.35. The van der Waals surface area contributed by atoms with Crippen LogP contribution in [0.2, 0.25) is 0 Å². The topological polar surface area (TPSA) is 36.9 Å². The zero-order valence-electron chi connectivity index (χ0n) is 13.8. The fraction of sp³-hybridized carbons (Fsp3) is 0.588. The number of ether oxygens (including phenoxy) is 1. The minimum absolute atomic E-state index is 0.730. The molecule has 2 rings (SSSR count). The zero-order valence-corrected chi connectivity index (χ0v) is 14.7. The molecule has 22 heavy (non-hydrogen) atoms. The fourth-order valence-electron chi connectivity index (χ4n) is 2.60. The quantitative estimate of drug-likeness (QED) is 0.668. The van der Waals surface area contributed by atoms with Gasteiger partial charge in [-0.3, -0.25) is 4.99 Å². The molecule has 1 aliphatic heterocycles. The fourth-order valence-corrected chi connectivity index (χ4v) is 3.78. The van der Waals surface area contributed by atoms with Gasteiger partial charge in [-0.25, -0.2) is 0 Å². The number of thioether (sulfide) groups is 1. The van der Waals surface area contributed by atoms with Crippen LogP contribution in [0.1, 0.15) is 18.9 Å². The highest BCUT2D eigenvalue weighted by atomic mass is 32.2. The number of aliphatic imine (C=N–C) groups is 1. The van der Waals surface area contributed by atoms with Crippen molar-refractivity contribution >= 4 is 17.7 Å². The van der Waals surface area contributed by atoms with E-state index in [2.05, 4.69) is 46.0 Å². The van der Waals surface area contributed by atoms with Gasteiger partial charge < -0.3 is 15.0 Å². The summed E-state index contributed by atoms with van der Waals surface area (Å²) in [6, 6.07) is 8.26. The molecule has 0 amide bonds. The molecule has 1 unspecified atom stereocenters. The van der Waals surface area contributed by atoms with Gasteiger partial charge in [-0.15, -0.1) is 0 Å². The summed E-state index contributed by atoms with van der Waals surface area (Å²) in [5.74, 6) is 3.13. The van der Waals surface area contributed by atoms with E-state index in [0.717, 1.165) is 43.0 Å². The largest absolute Gasteiger partial charge is 0.497 e. The van der Waals surface area contributed by atoms with E-state index in [1.165, 1.54) is 17.7 Å². The average molecular weight is 321 g/mol. The molecule has 1 aromatic carbocycles. The normalized spacial score (nSPS) is 19.1. The monoisotopic (exact) mass is 321 g/mol. The smallest absolute Gasteiger partial charge is 0.193 e. The average Bonchev–Trinajstić information content (AvgIpc) is 2.59. The van der Waals surface area contributed by atoms with Crippen molar-refractivity contribution in [3.63, 3.8) is 0 Å². The number of benzene rings is 1. The first-order valence-corrected chi connectivity index (χ1v) is 9.01. The molecular formula is C17H27N3OS. The van der Waals surface area contributed by atoms with Crippen LogP contribution in [0.3, 0.4) is 0 Å². The van der Waals surface area contributed by atoms with Crippen LogP contribution in [-0.4, -0.2) is 55.7 Å². The van der Waals surface area contributed by atoms with Crippen molar-refractivity contribution in [2.45, 2.75) is 25.0 Å². The molecular weight excluding hydrogens is 294 g/mol. The Labute approximate surface area is 138 Å². The third kappa shape index (κ3) is 4.83. The van der Waals surface area contributed by atoms with E-state index in [4.69, 9.17) is 4.74 Å². The third-order valence-electron chi connectivity index (χ3n) is 3.96. The highest BCUT2D eigenvalue weighted by Gasteiger charge is 2.21. The summed E-state index contributed by atoms with van der Waals surface area (Å²) in [4.78, 5) is 6.83. The highest BCUT2D eigenvalue weighted by molar-refractivity contribution is 8.00. The molecule has 0 radical (unpaired) electrons. The lowest BCUT2D eigenvalue weighted by Gasteiger charge is -2.34. The SMILES string of the molecule is CCC1CN(C(=NC)NCCc2ccc(OC)cc2)CCS1. The van der Waals surface area contributed by atoms with Crippen LogP contribution in [0.15, 0.2) is 29.3 Å². The number of hydrogen-bond donors (Lipinski definition) is 1. The molecule has 1 heterocycles. The molecule has 0 aliphatic carbocycles. The van der Waals surface area contributed by atoms with Crippen LogP contribution in [-0.2, 0) is 6.42 Å². The van der Waals surface area contributed by atoms with Gasteiger partial charge in [0.1, 0.15) is 5.75 Å². The number of guanidine groups is 1. The van der Waals surface area contributed by atoms with Crippen LogP contribution in [0.25, 0.3) is 0 Å². The third-order valence-corrected chi connectivity index (χ3v) is 5.33. The van der Waals surface area contributed by atoms with E-state index in [1.807, 2.05) is 19.2 Å². The van der Waals surface area contributed by atoms with E-state index >= 15 is 0 Å². The maximum Gasteiger partial charge on any atom is 0.193 e. The molecule has 1 aromatic rings. The molecule has 1 N–H and O–H groups in total. The van der Waals surface area contributed by atoms with Crippen molar-refractivity contribution < 1.29 is 4.74 Å². The molecule has 1 aliphatic rings. The Hall–Kier alpha value is -1.36. The van der Waals surface area contributed by atoms with Gasteiger partial charge in [0, 0.05) is 37.7 Å². The molecule has 1 fully saturated rings. The lowest BCUT2D eigenvalue weighted by molar-refractivity contribution is 0.408. The number of rotatable bonds is 5. The van der Waals surface area contributed by atoms with Crippen LogP contribution in [0.5, 0.6) is 5.75 Å². The Morgan fingerprint density at radius 2 is 2.18 bits per heavy atom. The first kappa shape index (κ1) is 17.0. The van der Waals surface area contributed by atoms with Gasteiger partial charge in [0.15, 0.2) is 5.96 Å². The van der Waals surface area contributed by atoms with Gasteiger partial charge in [0.2, 0.25) is 0 Å². The van der Waals surface area contributed by atoms with Crippen LogP contribution < -0.4 is 10.1 Å². The predicted molar refractivity (Wildman–Crippen MR) is 96.2 cm³/mol. The Kier molecular flexibility index (Phi) is 6.90. The second-order valence-electron chi connectivity index (χ2n) is 5.42. The first-order chi connectivity index (χ1) is 10.8. The van der Waals surface area contributed by atoms with E-state index in [9.17, 15) is 0 Å². The summed E-state index contributed by atoms with van der Waals surface area (Å²) in [5, 5.41) is 4.23. The Morgan fingerprint density at radius 3 is 2.82 bits per heavy atom. The summed E-state index contributed by atoms with van der Waals surface area (Å²) in [5.41, 5.74) is 1.31. The molecule has 5 heteroatoms. The first-order valence-electron chi connectivity index (χ1n) is 7.97. The van der Waals surface area contributed by atoms with Crippen molar-refractivity contribution in [3.05, 3.63) is 29.8 Å². The van der Waals surface area contributed by atoms with E-state index in [-0.39, 0.29) is 0 Å². The second kappa shape index (κ2) is 8.93. The molecule has 0 bridgehead atoms. The van der Waals surface area contributed by atoms with Crippen molar-refractivity contribution in [3.8, 4) is 5.75 Å². The van der Waals surface area contributed by atoms with Crippen LogP contribution >= 0.6 is 11.8 Å². The van der Waals surface area contributed by atoms with E-state index in [0.29, 0.717) is 0 Å². The maximum absolute atomic E-state index is 5.19. The van der Waals surface area contributed by atoms with Crippen molar-refractivity contribution in [1.82, 2.24) is 10.2 Å². The summed E-state index contributed by atoms with van der Waals surface area (Å²) in [7, 11) is 3.57. The van der Waals surface area contributed by atoms with Crippen molar-refractivity contribution in [2.24, 2.45) is 4.99 Å². The molecule has 0 saturated carbocycles. The molecule has 0 spiro atoms. The molecule has 122 valence electrons.